The van der Waals surface area contributed by atoms with E-state index in [1.807, 2.05) is 13.0 Å². The number of hydrogen-bond donors (Lipinski definition) is 2. The number of aromatic nitrogens is 2. The van der Waals surface area contributed by atoms with E-state index in [0.717, 1.165) is 24.2 Å². The van der Waals surface area contributed by atoms with Crippen molar-refractivity contribution < 1.29 is 9.90 Å². The van der Waals surface area contributed by atoms with Gasteiger partial charge in [-0.2, -0.15) is 0 Å². The summed E-state index contributed by atoms with van der Waals surface area (Å²) in [6, 6.07) is 2.16. The van der Waals surface area contributed by atoms with Crippen molar-refractivity contribution in [1.82, 2.24) is 9.97 Å². The van der Waals surface area contributed by atoms with Crippen molar-refractivity contribution in [3.05, 3.63) is 17.5 Å². The molecule has 19 heavy (non-hydrogen) atoms. The Hall–Kier alpha value is -1.65. The molecule has 104 valence electrons. The normalized spacial score (nSPS) is 22.7. The maximum atomic E-state index is 10.9. The zero-order valence-corrected chi connectivity index (χ0v) is 11.7. The standard InChI is InChI=1S/C14H21N3O2/c1-8(2)12-6-9(3)15-14(17-12)16-11-5-4-10(7-11)13(18)19/h6,8,10-11H,4-5,7H2,1-3H3,(H,18,19)(H,15,16,17). The molecule has 0 aliphatic heterocycles. The largest absolute Gasteiger partial charge is 0.481 e. The minimum absolute atomic E-state index is 0.169. The molecule has 1 aromatic rings. The summed E-state index contributed by atoms with van der Waals surface area (Å²) < 4.78 is 0. The molecule has 2 unspecified atom stereocenters. The van der Waals surface area contributed by atoms with E-state index in [1.165, 1.54) is 0 Å². The number of carbonyl (C=O) groups is 1. The molecule has 5 heteroatoms. The van der Waals surface area contributed by atoms with Crippen molar-refractivity contribution in [2.75, 3.05) is 5.32 Å². The van der Waals surface area contributed by atoms with Crippen molar-refractivity contribution >= 4 is 11.9 Å². The average molecular weight is 263 g/mol. The number of rotatable bonds is 4. The monoisotopic (exact) mass is 263 g/mol. The molecule has 5 nitrogen and oxygen atoms in total. The van der Waals surface area contributed by atoms with Gasteiger partial charge in [-0.15, -0.1) is 0 Å². The summed E-state index contributed by atoms with van der Waals surface area (Å²) in [4.78, 5) is 19.8. The zero-order valence-electron chi connectivity index (χ0n) is 11.7. The minimum Gasteiger partial charge on any atom is -0.481 e. The highest BCUT2D eigenvalue weighted by Crippen LogP contribution is 2.27. The third-order valence-corrected chi connectivity index (χ3v) is 3.58. The van der Waals surface area contributed by atoms with E-state index in [-0.39, 0.29) is 12.0 Å². The lowest BCUT2D eigenvalue weighted by atomic mass is 10.1. The van der Waals surface area contributed by atoms with Gasteiger partial charge in [0.25, 0.3) is 0 Å². The maximum absolute atomic E-state index is 10.9. The van der Waals surface area contributed by atoms with Crippen LogP contribution in [-0.4, -0.2) is 27.1 Å². The van der Waals surface area contributed by atoms with E-state index >= 15 is 0 Å². The van der Waals surface area contributed by atoms with Crippen molar-refractivity contribution in [3.8, 4) is 0 Å². The molecule has 1 fully saturated rings. The first-order valence-electron chi connectivity index (χ1n) is 6.80. The molecule has 1 aromatic heterocycles. The SMILES string of the molecule is Cc1cc(C(C)C)nc(NC2CCC(C(=O)O)C2)n1. The van der Waals surface area contributed by atoms with Crippen molar-refractivity contribution in [2.24, 2.45) is 5.92 Å². The summed E-state index contributed by atoms with van der Waals surface area (Å²) in [6.07, 6.45) is 2.25. The van der Waals surface area contributed by atoms with Gasteiger partial charge in [-0.25, -0.2) is 9.97 Å². The van der Waals surface area contributed by atoms with Crippen molar-refractivity contribution in [1.29, 1.82) is 0 Å². The van der Waals surface area contributed by atoms with Gasteiger partial charge in [0.2, 0.25) is 5.95 Å². The number of nitrogens with zero attached hydrogens (tertiary/aromatic N) is 2. The highest BCUT2D eigenvalue weighted by Gasteiger charge is 2.30. The highest BCUT2D eigenvalue weighted by atomic mass is 16.4. The molecule has 0 saturated heterocycles. The highest BCUT2D eigenvalue weighted by molar-refractivity contribution is 5.70. The zero-order chi connectivity index (χ0) is 14.0. The predicted molar refractivity (Wildman–Crippen MR) is 73.2 cm³/mol. The van der Waals surface area contributed by atoms with E-state index in [2.05, 4.69) is 29.1 Å². The average Bonchev–Trinajstić information content (AvgIpc) is 2.76. The first-order valence-corrected chi connectivity index (χ1v) is 6.80. The fourth-order valence-corrected chi connectivity index (χ4v) is 2.47. The van der Waals surface area contributed by atoms with Gasteiger partial charge in [0, 0.05) is 17.4 Å². The summed E-state index contributed by atoms with van der Waals surface area (Å²) in [5.41, 5.74) is 1.96. The summed E-state index contributed by atoms with van der Waals surface area (Å²) in [5, 5.41) is 12.3. The van der Waals surface area contributed by atoms with Crippen LogP contribution in [0.1, 0.15) is 50.4 Å². The molecule has 2 rings (SSSR count). The molecule has 1 aliphatic carbocycles. The molecule has 2 atom stereocenters. The van der Waals surface area contributed by atoms with Crippen LogP contribution in [-0.2, 0) is 4.79 Å². The van der Waals surface area contributed by atoms with Crippen LogP contribution in [0.2, 0.25) is 0 Å². The van der Waals surface area contributed by atoms with Crippen LogP contribution < -0.4 is 5.32 Å². The third-order valence-electron chi connectivity index (χ3n) is 3.58. The summed E-state index contributed by atoms with van der Waals surface area (Å²) in [6.45, 7) is 6.15. The molecule has 0 aromatic carbocycles. The smallest absolute Gasteiger partial charge is 0.306 e. The van der Waals surface area contributed by atoms with Crippen LogP contribution >= 0.6 is 0 Å². The molecular weight excluding hydrogens is 242 g/mol. The summed E-state index contributed by atoms with van der Waals surface area (Å²) in [5.74, 6) is 0.0570. The Morgan fingerprint density at radius 3 is 2.74 bits per heavy atom. The van der Waals surface area contributed by atoms with Gasteiger partial charge in [-0.05, 0) is 38.2 Å². The lowest BCUT2D eigenvalue weighted by molar-refractivity contribution is -0.141. The van der Waals surface area contributed by atoms with E-state index in [1.54, 1.807) is 0 Å². The van der Waals surface area contributed by atoms with Gasteiger partial charge >= 0.3 is 5.97 Å². The second-order valence-corrected chi connectivity index (χ2v) is 5.60. The number of aryl methyl sites for hydroxylation is 1. The Morgan fingerprint density at radius 1 is 1.42 bits per heavy atom. The second-order valence-electron chi connectivity index (χ2n) is 5.60. The predicted octanol–water partition coefficient (Wildman–Crippen LogP) is 2.57. The Bertz CT molecular complexity index is 474. The van der Waals surface area contributed by atoms with Crippen LogP contribution in [0.15, 0.2) is 6.07 Å². The Labute approximate surface area is 113 Å². The lowest BCUT2D eigenvalue weighted by Gasteiger charge is -2.14. The van der Waals surface area contributed by atoms with Crippen LogP contribution in [0.25, 0.3) is 0 Å². The van der Waals surface area contributed by atoms with Gasteiger partial charge in [-0.1, -0.05) is 13.8 Å². The molecule has 0 bridgehead atoms. The van der Waals surface area contributed by atoms with Gasteiger partial charge in [-0.3, -0.25) is 4.79 Å². The summed E-state index contributed by atoms with van der Waals surface area (Å²) in [7, 11) is 0. The summed E-state index contributed by atoms with van der Waals surface area (Å²) >= 11 is 0. The molecule has 1 saturated carbocycles. The minimum atomic E-state index is -0.697. The van der Waals surface area contributed by atoms with E-state index in [9.17, 15) is 4.79 Å². The molecule has 2 N–H and O–H groups in total. The number of anilines is 1. The number of aliphatic carboxylic acids is 1. The Morgan fingerprint density at radius 2 is 2.16 bits per heavy atom. The number of carboxylic acid groups (broad SMARTS) is 1. The number of hydrogen-bond acceptors (Lipinski definition) is 4. The van der Waals surface area contributed by atoms with Crippen LogP contribution in [0.5, 0.6) is 0 Å². The molecule has 1 heterocycles. The molecule has 0 spiro atoms. The van der Waals surface area contributed by atoms with Crippen molar-refractivity contribution in [3.63, 3.8) is 0 Å². The molecular formula is C14H21N3O2. The van der Waals surface area contributed by atoms with Gasteiger partial charge in [0.1, 0.15) is 0 Å². The second kappa shape index (κ2) is 5.55. The van der Waals surface area contributed by atoms with Gasteiger partial charge in [0.15, 0.2) is 0 Å². The Kier molecular flexibility index (Phi) is 4.02. The van der Waals surface area contributed by atoms with Crippen LogP contribution in [0.3, 0.4) is 0 Å². The number of carboxylic acids is 1. The van der Waals surface area contributed by atoms with E-state index < -0.39 is 5.97 Å². The van der Waals surface area contributed by atoms with Crippen LogP contribution in [0, 0.1) is 12.8 Å². The Balaban J connectivity index is 2.06. The molecule has 1 aliphatic rings. The maximum Gasteiger partial charge on any atom is 0.306 e. The van der Waals surface area contributed by atoms with E-state index in [0.29, 0.717) is 18.3 Å². The third kappa shape index (κ3) is 3.43. The van der Waals surface area contributed by atoms with Gasteiger partial charge in [0.05, 0.1) is 5.92 Å². The topological polar surface area (TPSA) is 75.1 Å². The quantitative estimate of drug-likeness (QED) is 0.873. The fraction of sp³-hybridized carbons (Fsp3) is 0.643. The van der Waals surface area contributed by atoms with E-state index in [4.69, 9.17) is 5.11 Å². The van der Waals surface area contributed by atoms with Gasteiger partial charge < -0.3 is 10.4 Å². The van der Waals surface area contributed by atoms with Crippen molar-refractivity contribution in [2.45, 2.75) is 52.0 Å². The van der Waals surface area contributed by atoms with Crippen LogP contribution in [0.4, 0.5) is 5.95 Å². The molecule has 0 radical (unpaired) electrons. The fourth-order valence-electron chi connectivity index (χ4n) is 2.47. The molecule has 0 amide bonds. The first kappa shape index (κ1) is 13.8. The lowest BCUT2D eigenvalue weighted by Crippen LogP contribution is -2.20. The first-order chi connectivity index (χ1) is 8.95. The number of nitrogens with one attached hydrogen (secondary N) is 1.